The van der Waals surface area contributed by atoms with Crippen LogP contribution < -0.4 is 5.73 Å². The van der Waals surface area contributed by atoms with E-state index in [1.54, 1.807) is 18.7 Å². The van der Waals surface area contributed by atoms with Gasteiger partial charge in [0.25, 0.3) is 0 Å². The lowest BCUT2D eigenvalue weighted by molar-refractivity contribution is -0.133. The summed E-state index contributed by atoms with van der Waals surface area (Å²) in [5, 5.41) is 3.82. The second kappa shape index (κ2) is 6.51. The van der Waals surface area contributed by atoms with Crippen molar-refractivity contribution >= 4 is 5.91 Å². The van der Waals surface area contributed by atoms with E-state index < -0.39 is 6.55 Å². The fourth-order valence-electron chi connectivity index (χ4n) is 2.97. The van der Waals surface area contributed by atoms with Crippen LogP contribution in [0.25, 0.3) is 0 Å². The first-order chi connectivity index (χ1) is 9.95. The number of halogens is 2. The Bertz CT molecular complexity index is 515. The summed E-state index contributed by atoms with van der Waals surface area (Å²) in [5.74, 6) is -0.0508. The van der Waals surface area contributed by atoms with Crippen LogP contribution in [0.2, 0.25) is 0 Å². The Kier molecular flexibility index (Phi) is 4.92. The first kappa shape index (κ1) is 15.9. The zero-order valence-electron chi connectivity index (χ0n) is 12.5. The number of nitrogens with zero attached hydrogens (tertiary/aromatic N) is 3. The molecule has 1 aromatic heterocycles. The van der Waals surface area contributed by atoms with E-state index in [1.807, 2.05) is 0 Å². The van der Waals surface area contributed by atoms with E-state index in [0.717, 1.165) is 19.3 Å². The maximum absolute atomic E-state index is 12.8. The van der Waals surface area contributed by atoms with E-state index >= 15 is 0 Å². The molecule has 0 aromatic carbocycles. The number of carbonyl (C=O) groups excluding carboxylic acids is 1. The molecule has 2 N–H and O–H groups in total. The highest BCUT2D eigenvalue weighted by molar-refractivity contribution is 5.79. The van der Waals surface area contributed by atoms with Crippen LogP contribution in [-0.2, 0) is 11.2 Å². The predicted molar refractivity (Wildman–Crippen MR) is 75.1 cm³/mol. The molecule has 118 valence electrons. The average molecular weight is 300 g/mol. The van der Waals surface area contributed by atoms with Crippen LogP contribution in [0.3, 0.4) is 0 Å². The lowest BCUT2D eigenvalue weighted by atomic mass is 10.0. The molecule has 0 spiro atoms. The summed E-state index contributed by atoms with van der Waals surface area (Å²) < 4.78 is 26.3. The molecule has 0 saturated carbocycles. The van der Waals surface area contributed by atoms with Crippen LogP contribution in [-0.4, -0.2) is 39.7 Å². The lowest BCUT2D eigenvalue weighted by Crippen LogP contribution is -2.48. The van der Waals surface area contributed by atoms with E-state index in [9.17, 15) is 13.6 Å². The summed E-state index contributed by atoms with van der Waals surface area (Å²) in [6, 6.07) is 0.0667. The first-order valence-corrected chi connectivity index (χ1v) is 7.28. The Balaban J connectivity index is 2.16. The van der Waals surface area contributed by atoms with Gasteiger partial charge < -0.3 is 10.6 Å². The minimum Gasteiger partial charge on any atom is -0.338 e. The van der Waals surface area contributed by atoms with Crippen molar-refractivity contribution in [1.82, 2.24) is 14.7 Å². The largest absolute Gasteiger partial charge is 0.338 e. The van der Waals surface area contributed by atoms with Crippen LogP contribution >= 0.6 is 0 Å². The Morgan fingerprint density at radius 3 is 2.71 bits per heavy atom. The number of piperidine rings is 1. The fraction of sp³-hybridized carbons (Fsp3) is 0.714. The first-order valence-electron chi connectivity index (χ1n) is 7.28. The van der Waals surface area contributed by atoms with Gasteiger partial charge in [-0.2, -0.15) is 13.9 Å². The van der Waals surface area contributed by atoms with E-state index in [1.165, 1.54) is 0 Å². The summed E-state index contributed by atoms with van der Waals surface area (Å²) >= 11 is 0. The standard InChI is InChI=1S/C14H22F2N4O/c1-9-12(10(2)20(18-9)14(15)16)7-13(21)19-6-4-3-5-11(19)8-17/h11,14H,3-8,17H2,1-2H3. The number of likely N-dealkylation sites (tertiary alicyclic amines) is 1. The molecule has 21 heavy (non-hydrogen) atoms. The van der Waals surface area contributed by atoms with Crippen molar-refractivity contribution < 1.29 is 13.6 Å². The summed E-state index contributed by atoms with van der Waals surface area (Å²) in [5.41, 5.74) is 7.16. The normalized spacial score (nSPS) is 19.3. The van der Waals surface area contributed by atoms with Crippen LogP contribution in [0, 0.1) is 13.8 Å². The quantitative estimate of drug-likeness (QED) is 0.922. The fourth-order valence-corrected chi connectivity index (χ4v) is 2.97. The van der Waals surface area contributed by atoms with Gasteiger partial charge in [-0.25, -0.2) is 4.68 Å². The van der Waals surface area contributed by atoms with Crippen molar-refractivity contribution in [3.63, 3.8) is 0 Å². The molecule has 1 amide bonds. The molecule has 1 aliphatic rings. The van der Waals surface area contributed by atoms with E-state index in [0.29, 0.717) is 34.7 Å². The maximum Gasteiger partial charge on any atom is 0.333 e. The van der Waals surface area contributed by atoms with Crippen molar-refractivity contribution in [2.24, 2.45) is 5.73 Å². The number of carbonyl (C=O) groups is 1. The zero-order valence-corrected chi connectivity index (χ0v) is 12.5. The van der Waals surface area contributed by atoms with Gasteiger partial charge in [0.1, 0.15) is 0 Å². The lowest BCUT2D eigenvalue weighted by Gasteiger charge is -2.35. The van der Waals surface area contributed by atoms with E-state index in [-0.39, 0.29) is 18.4 Å². The van der Waals surface area contributed by atoms with E-state index in [4.69, 9.17) is 5.73 Å². The third-order valence-corrected chi connectivity index (χ3v) is 4.21. The Morgan fingerprint density at radius 1 is 1.43 bits per heavy atom. The third-order valence-electron chi connectivity index (χ3n) is 4.21. The number of aryl methyl sites for hydroxylation is 1. The highest BCUT2D eigenvalue weighted by Crippen LogP contribution is 2.22. The van der Waals surface area contributed by atoms with Gasteiger partial charge in [0.05, 0.1) is 12.1 Å². The number of hydrogen-bond acceptors (Lipinski definition) is 3. The number of alkyl halides is 2. The molecule has 2 rings (SSSR count). The molecule has 0 bridgehead atoms. The summed E-state index contributed by atoms with van der Waals surface area (Å²) in [7, 11) is 0. The number of rotatable bonds is 4. The maximum atomic E-state index is 12.8. The van der Waals surface area contributed by atoms with Gasteiger partial charge in [-0.1, -0.05) is 0 Å². The van der Waals surface area contributed by atoms with Gasteiger partial charge in [0, 0.05) is 30.4 Å². The average Bonchev–Trinajstić information content (AvgIpc) is 2.75. The Morgan fingerprint density at radius 2 is 2.14 bits per heavy atom. The van der Waals surface area contributed by atoms with Crippen molar-refractivity contribution in [2.45, 2.75) is 52.1 Å². The van der Waals surface area contributed by atoms with Crippen LogP contribution in [0.4, 0.5) is 8.78 Å². The molecule has 1 unspecified atom stereocenters. The molecule has 7 heteroatoms. The minimum atomic E-state index is -2.68. The molecular weight excluding hydrogens is 278 g/mol. The SMILES string of the molecule is Cc1nn(C(F)F)c(C)c1CC(=O)N1CCCCC1CN. The second-order valence-electron chi connectivity index (χ2n) is 5.52. The summed E-state index contributed by atoms with van der Waals surface area (Å²) in [6.45, 7) is 1.69. The number of amides is 1. The highest BCUT2D eigenvalue weighted by atomic mass is 19.3. The van der Waals surface area contributed by atoms with Gasteiger partial charge in [0.2, 0.25) is 5.91 Å². The monoisotopic (exact) mass is 300 g/mol. The minimum absolute atomic E-state index is 0.0508. The van der Waals surface area contributed by atoms with Crippen LogP contribution in [0.5, 0.6) is 0 Å². The van der Waals surface area contributed by atoms with Crippen molar-refractivity contribution in [3.8, 4) is 0 Å². The second-order valence-corrected chi connectivity index (χ2v) is 5.52. The molecule has 1 atom stereocenters. The highest BCUT2D eigenvalue weighted by Gasteiger charge is 2.27. The molecular formula is C14H22F2N4O. The molecule has 2 heterocycles. The van der Waals surface area contributed by atoms with Gasteiger partial charge >= 0.3 is 6.55 Å². The van der Waals surface area contributed by atoms with Crippen molar-refractivity contribution in [1.29, 1.82) is 0 Å². The summed E-state index contributed by atoms with van der Waals surface area (Å²) in [4.78, 5) is 14.3. The molecule has 1 saturated heterocycles. The Labute approximate surface area is 123 Å². The Hall–Kier alpha value is -1.50. The topological polar surface area (TPSA) is 64.2 Å². The zero-order chi connectivity index (χ0) is 15.6. The van der Waals surface area contributed by atoms with Gasteiger partial charge in [-0.15, -0.1) is 0 Å². The van der Waals surface area contributed by atoms with Crippen molar-refractivity contribution in [3.05, 3.63) is 17.0 Å². The smallest absolute Gasteiger partial charge is 0.333 e. The van der Waals surface area contributed by atoms with Crippen LogP contribution in [0.15, 0.2) is 0 Å². The molecule has 5 nitrogen and oxygen atoms in total. The number of nitrogens with two attached hydrogens (primary N) is 1. The number of aromatic nitrogens is 2. The molecule has 1 fully saturated rings. The predicted octanol–water partition coefficient (Wildman–Crippen LogP) is 1.78. The van der Waals surface area contributed by atoms with Gasteiger partial charge in [0.15, 0.2) is 0 Å². The summed E-state index contributed by atoms with van der Waals surface area (Å²) in [6.07, 6.45) is 3.07. The van der Waals surface area contributed by atoms with Crippen LogP contribution in [0.1, 0.15) is 42.8 Å². The van der Waals surface area contributed by atoms with Crippen molar-refractivity contribution in [2.75, 3.05) is 13.1 Å². The van der Waals surface area contributed by atoms with Gasteiger partial charge in [-0.05, 0) is 33.1 Å². The molecule has 1 aliphatic heterocycles. The molecule has 0 radical (unpaired) electrons. The molecule has 0 aliphatic carbocycles. The molecule has 1 aromatic rings. The number of hydrogen-bond donors (Lipinski definition) is 1. The van der Waals surface area contributed by atoms with Gasteiger partial charge in [-0.3, -0.25) is 4.79 Å². The van der Waals surface area contributed by atoms with E-state index in [2.05, 4.69) is 5.10 Å². The third kappa shape index (κ3) is 3.23.